The van der Waals surface area contributed by atoms with Gasteiger partial charge in [0.25, 0.3) is 0 Å². The van der Waals surface area contributed by atoms with Crippen LogP contribution in [0.2, 0.25) is 0 Å². The molecule has 11 aromatic carbocycles. The molecule has 4 aliphatic carbocycles. The van der Waals surface area contributed by atoms with E-state index in [0.29, 0.717) is 11.8 Å². The first kappa shape index (κ1) is 45.2. The Morgan fingerprint density at radius 3 is 1.51 bits per heavy atom. The second-order valence-electron chi connectivity index (χ2n) is 22.8. The molecule has 0 saturated heterocycles. The van der Waals surface area contributed by atoms with Crippen LogP contribution in [0.15, 0.2) is 224 Å². The summed E-state index contributed by atoms with van der Waals surface area (Å²) < 4.78 is 2.62. The van der Waals surface area contributed by atoms with Crippen molar-refractivity contribution in [3.63, 3.8) is 0 Å². The molecular weight excluding hydrogens is 947 g/mol. The normalized spacial score (nSPS) is 15.8. The second kappa shape index (κ2) is 18.0. The van der Waals surface area contributed by atoms with Crippen molar-refractivity contribution in [2.24, 2.45) is 0 Å². The van der Waals surface area contributed by atoms with E-state index in [0.717, 1.165) is 5.69 Å². The van der Waals surface area contributed by atoms with E-state index in [9.17, 15) is 0 Å². The van der Waals surface area contributed by atoms with Gasteiger partial charge >= 0.3 is 0 Å². The topological polar surface area (TPSA) is 3.24 Å². The number of rotatable bonds is 7. The fourth-order valence-electron chi connectivity index (χ4n) is 14.8. The number of fused-ring (bicyclic) bond motifs is 15. The number of anilines is 3. The fraction of sp³-hybridized carbons (Fsp3) is 0.173. The predicted octanol–water partition coefficient (Wildman–Crippen LogP) is 21.6. The third-order valence-electron chi connectivity index (χ3n) is 18.6. The standard InChI is InChI=1S/C75H59NS/c1-3-14-48(15-4-1)58-34-39-63-64-40-35-59(49-16-5-2-6-17-49)46-70(64)75(69(63)45-58)68-23-11-9-20-62(68)65-41-38-61(47-71(65)75)76(72-24-13-22-67-66-21-10-12-25-73(66)77-74(67)72)60-36-32-51(33-37-60)53-28-29-56-44-57(31-30-55(56)43-53)54-27-26-50-18-7-8-19-52(50)42-54/h7-13,18-49H,1-6,14-17H2. The molecule has 0 bridgehead atoms. The highest BCUT2D eigenvalue weighted by Crippen LogP contribution is 2.64. The van der Waals surface area contributed by atoms with Crippen LogP contribution in [0, 0.1) is 0 Å². The van der Waals surface area contributed by atoms with Gasteiger partial charge in [-0.3, -0.25) is 0 Å². The van der Waals surface area contributed by atoms with E-state index in [1.165, 1.54) is 195 Å². The van der Waals surface area contributed by atoms with Crippen molar-refractivity contribution in [1.82, 2.24) is 0 Å². The van der Waals surface area contributed by atoms with Gasteiger partial charge in [0.05, 0.1) is 15.8 Å². The molecule has 16 rings (SSSR count). The molecule has 0 atom stereocenters. The highest BCUT2D eigenvalue weighted by atomic mass is 32.1. The molecule has 1 spiro atoms. The molecule has 2 heteroatoms. The first-order chi connectivity index (χ1) is 38.1. The fourth-order valence-corrected chi connectivity index (χ4v) is 16.0. The van der Waals surface area contributed by atoms with Gasteiger partial charge in [0.15, 0.2) is 0 Å². The summed E-state index contributed by atoms with van der Waals surface area (Å²) in [5.74, 6) is 1.22. The summed E-state index contributed by atoms with van der Waals surface area (Å²) in [6.45, 7) is 0. The average Bonchev–Trinajstić information content (AvgIpc) is 4.23. The number of thiophene rings is 1. The van der Waals surface area contributed by atoms with Gasteiger partial charge in [-0.25, -0.2) is 0 Å². The zero-order chi connectivity index (χ0) is 50.6. The lowest BCUT2D eigenvalue weighted by molar-refractivity contribution is 0.443. The van der Waals surface area contributed by atoms with E-state index in [1.807, 2.05) is 11.3 Å². The lowest BCUT2D eigenvalue weighted by Crippen LogP contribution is -2.27. The van der Waals surface area contributed by atoms with Gasteiger partial charge in [0.1, 0.15) is 0 Å². The zero-order valence-electron chi connectivity index (χ0n) is 43.4. The van der Waals surface area contributed by atoms with Crippen LogP contribution in [0.4, 0.5) is 17.1 Å². The third kappa shape index (κ3) is 7.18. The van der Waals surface area contributed by atoms with Crippen LogP contribution in [0.3, 0.4) is 0 Å². The van der Waals surface area contributed by atoms with Gasteiger partial charge in [-0.1, -0.05) is 208 Å². The van der Waals surface area contributed by atoms with Crippen LogP contribution in [-0.2, 0) is 5.41 Å². The molecule has 4 aliphatic rings. The Labute approximate surface area is 456 Å². The molecule has 12 aromatic rings. The van der Waals surface area contributed by atoms with Crippen LogP contribution in [-0.4, -0.2) is 0 Å². The molecule has 370 valence electrons. The van der Waals surface area contributed by atoms with Gasteiger partial charge in [-0.05, 0) is 192 Å². The van der Waals surface area contributed by atoms with Gasteiger partial charge in [-0.15, -0.1) is 11.3 Å². The van der Waals surface area contributed by atoms with Crippen molar-refractivity contribution >= 4 is 70.1 Å². The van der Waals surface area contributed by atoms with E-state index in [-0.39, 0.29) is 0 Å². The predicted molar refractivity (Wildman–Crippen MR) is 328 cm³/mol. The van der Waals surface area contributed by atoms with Gasteiger partial charge in [0.2, 0.25) is 0 Å². The third-order valence-corrected chi connectivity index (χ3v) is 19.8. The lowest BCUT2D eigenvalue weighted by atomic mass is 9.69. The Bertz CT molecular complexity index is 4250. The van der Waals surface area contributed by atoms with E-state index < -0.39 is 5.41 Å². The zero-order valence-corrected chi connectivity index (χ0v) is 44.3. The minimum atomic E-state index is -0.451. The van der Waals surface area contributed by atoms with Crippen molar-refractivity contribution in [2.75, 3.05) is 4.90 Å². The number of nitrogens with zero attached hydrogens (tertiary/aromatic N) is 1. The quantitative estimate of drug-likeness (QED) is 0.154. The Balaban J connectivity index is 0.862. The van der Waals surface area contributed by atoms with E-state index in [1.54, 1.807) is 0 Å². The summed E-state index contributed by atoms with van der Waals surface area (Å²) in [4.78, 5) is 2.57. The van der Waals surface area contributed by atoms with Crippen molar-refractivity contribution in [2.45, 2.75) is 81.5 Å². The highest BCUT2D eigenvalue weighted by molar-refractivity contribution is 7.26. The molecule has 77 heavy (non-hydrogen) atoms. The Morgan fingerprint density at radius 1 is 0.338 bits per heavy atom. The van der Waals surface area contributed by atoms with Crippen molar-refractivity contribution in [3.05, 3.63) is 258 Å². The molecule has 1 nitrogen and oxygen atoms in total. The van der Waals surface area contributed by atoms with Gasteiger partial charge in [-0.2, -0.15) is 0 Å². The maximum atomic E-state index is 2.69. The molecule has 0 unspecified atom stereocenters. The molecule has 0 N–H and O–H groups in total. The molecule has 0 radical (unpaired) electrons. The molecule has 1 aromatic heterocycles. The summed E-state index contributed by atoms with van der Waals surface area (Å²) in [5.41, 5.74) is 22.4. The van der Waals surface area contributed by atoms with Crippen molar-refractivity contribution in [3.8, 4) is 44.5 Å². The molecule has 2 saturated carbocycles. The summed E-state index contributed by atoms with van der Waals surface area (Å²) in [6.07, 6.45) is 13.2. The molecule has 2 fully saturated rings. The molecular formula is C75H59NS. The van der Waals surface area contributed by atoms with Crippen LogP contribution in [0.1, 0.15) is 109 Å². The minimum Gasteiger partial charge on any atom is -0.309 e. The van der Waals surface area contributed by atoms with E-state index >= 15 is 0 Å². The maximum absolute atomic E-state index is 2.69. The molecule has 1 heterocycles. The van der Waals surface area contributed by atoms with Crippen LogP contribution < -0.4 is 4.90 Å². The number of benzene rings is 11. The summed E-state index contributed by atoms with van der Waals surface area (Å²) in [6, 6.07) is 86.9. The highest BCUT2D eigenvalue weighted by Gasteiger charge is 2.52. The summed E-state index contributed by atoms with van der Waals surface area (Å²) >= 11 is 1.91. The first-order valence-corrected chi connectivity index (χ1v) is 29.3. The molecule has 0 aliphatic heterocycles. The largest absolute Gasteiger partial charge is 0.309 e. The Hall–Kier alpha value is -8.04. The van der Waals surface area contributed by atoms with E-state index in [2.05, 4.69) is 229 Å². The van der Waals surface area contributed by atoms with Crippen molar-refractivity contribution in [1.29, 1.82) is 0 Å². The smallest absolute Gasteiger partial charge is 0.0726 e. The summed E-state index contributed by atoms with van der Waals surface area (Å²) in [5, 5.41) is 7.65. The summed E-state index contributed by atoms with van der Waals surface area (Å²) in [7, 11) is 0. The second-order valence-corrected chi connectivity index (χ2v) is 23.8. The van der Waals surface area contributed by atoms with Gasteiger partial charge < -0.3 is 4.90 Å². The Morgan fingerprint density at radius 2 is 0.831 bits per heavy atom. The Kier molecular flexibility index (Phi) is 10.6. The minimum absolute atomic E-state index is 0.451. The van der Waals surface area contributed by atoms with Crippen LogP contribution in [0.25, 0.3) is 86.2 Å². The number of hydrogen-bond acceptors (Lipinski definition) is 2. The first-order valence-electron chi connectivity index (χ1n) is 28.5. The molecule has 0 amide bonds. The van der Waals surface area contributed by atoms with Gasteiger partial charge in [0, 0.05) is 26.8 Å². The van der Waals surface area contributed by atoms with E-state index in [4.69, 9.17) is 0 Å². The SMILES string of the molecule is c1ccc2c(c1)-c1ccc(N(c3ccc(-c4ccc5cc(-c6ccc7ccccc7c6)ccc5c4)cc3)c3cccc4c3sc3ccccc34)cc1C21c2cc(C3CCCCC3)ccc2-c2ccc(C3CCCCC3)cc21. The van der Waals surface area contributed by atoms with Crippen LogP contribution in [0.5, 0.6) is 0 Å². The van der Waals surface area contributed by atoms with Crippen LogP contribution >= 0.6 is 11.3 Å². The average molecular weight is 1010 g/mol. The maximum Gasteiger partial charge on any atom is 0.0726 e. The van der Waals surface area contributed by atoms with Crippen molar-refractivity contribution < 1.29 is 0 Å². The number of hydrogen-bond donors (Lipinski definition) is 0. The lowest BCUT2D eigenvalue weighted by Gasteiger charge is -2.34. The monoisotopic (exact) mass is 1010 g/mol.